The molecule has 2 atom stereocenters. The van der Waals surface area contributed by atoms with Crippen molar-refractivity contribution < 1.29 is 9.53 Å². The van der Waals surface area contributed by atoms with Gasteiger partial charge in [0.25, 0.3) is 5.91 Å². The molecule has 1 aromatic carbocycles. The minimum absolute atomic E-state index is 0.0532. The van der Waals surface area contributed by atoms with Crippen LogP contribution in [0.4, 0.5) is 5.69 Å². The summed E-state index contributed by atoms with van der Waals surface area (Å²) in [7, 11) is 1.94. The van der Waals surface area contributed by atoms with Crippen molar-refractivity contribution in [2.75, 3.05) is 18.5 Å². The van der Waals surface area contributed by atoms with Crippen LogP contribution in [0.25, 0.3) is 0 Å². The van der Waals surface area contributed by atoms with Gasteiger partial charge in [-0.25, -0.2) is 0 Å². The van der Waals surface area contributed by atoms with Crippen molar-refractivity contribution in [1.29, 1.82) is 0 Å². The van der Waals surface area contributed by atoms with E-state index in [1.54, 1.807) is 0 Å². The zero-order valence-corrected chi connectivity index (χ0v) is 15.0. The molecule has 0 radical (unpaired) electrons. The van der Waals surface area contributed by atoms with E-state index in [1.165, 1.54) is 0 Å². The first-order chi connectivity index (χ1) is 12.1. The van der Waals surface area contributed by atoms with Crippen LogP contribution in [0.3, 0.4) is 0 Å². The number of carbonyl (C=O) groups is 1. The summed E-state index contributed by atoms with van der Waals surface area (Å²) < 4.78 is 7.68. The predicted molar refractivity (Wildman–Crippen MR) is 95.5 cm³/mol. The number of ether oxygens (including phenoxy) is 1. The largest absolute Gasteiger partial charge is 0.376 e. The Balaban J connectivity index is 1.77. The molecule has 1 N–H and O–H groups in total. The smallest absolute Gasteiger partial charge is 0.257 e. The third kappa shape index (κ3) is 2.70. The van der Waals surface area contributed by atoms with Crippen molar-refractivity contribution in [1.82, 2.24) is 14.7 Å². The minimum Gasteiger partial charge on any atom is -0.376 e. The number of amides is 1. The van der Waals surface area contributed by atoms with Gasteiger partial charge in [-0.15, -0.1) is 0 Å². The molecule has 132 valence electrons. The summed E-state index contributed by atoms with van der Waals surface area (Å²) in [5.41, 5.74) is 4.68. The normalized spacial score (nSPS) is 22.8. The van der Waals surface area contributed by atoms with Gasteiger partial charge in [0.1, 0.15) is 6.17 Å². The minimum atomic E-state index is -0.222. The third-order valence-electron chi connectivity index (χ3n) is 5.28. The summed E-state index contributed by atoms with van der Waals surface area (Å²) in [6, 6.07) is 7.70. The van der Waals surface area contributed by atoms with Crippen molar-refractivity contribution in [3.05, 3.63) is 46.8 Å². The highest BCUT2D eigenvalue weighted by molar-refractivity contribution is 6.01. The van der Waals surface area contributed by atoms with Crippen LogP contribution in [0.5, 0.6) is 0 Å². The number of nitrogens with one attached hydrogen (secondary N) is 1. The molecule has 1 amide bonds. The van der Waals surface area contributed by atoms with Crippen molar-refractivity contribution >= 4 is 11.6 Å². The number of hydrogen-bond donors (Lipinski definition) is 1. The maximum absolute atomic E-state index is 13.2. The Labute approximate surface area is 147 Å². The Morgan fingerprint density at radius 3 is 2.80 bits per heavy atom. The maximum atomic E-state index is 13.2. The lowest BCUT2D eigenvalue weighted by Gasteiger charge is -2.39. The van der Waals surface area contributed by atoms with Crippen LogP contribution >= 0.6 is 0 Å². The monoisotopic (exact) mass is 340 g/mol. The molecule has 6 heteroatoms. The van der Waals surface area contributed by atoms with E-state index < -0.39 is 0 Å². The fraction of sp³-hybridized carbons (Fsp3) is 0.474. The van der Waals surface area contributed by atoms with Crippen molar-refractivity contribution in [2.24, 2.45) is 7.05 Å². The molecule has 1 aromatic heterocycles. The van der Waals surface area contributed by atoms with E-state index in [0.717, 1.165) is 47.7 Å². The molecule has 25 heavy (non-hydrogen) atoms. The molecule has 0 aliphatic carbocycles. The number of hydrogen-bond acceptors (Lipinski definition) is 4. The molecule has 1 fully saturated rings. The second-order valence-corrected chi connectivity index (χ2v) is 6.89. The van der Waals surface area contributed by atoms with E-state index >= 15 is 0 Å². The van der Waals surface area contributed by atoms with Crippen LogP contribution in [0, 0.1) is 13.8 Å². The van der Waals surface area contributed by atoms with E-state index in [9.17, 15) is 4.79 Å². The highest BCUT2D eigenvalue weighted by atomic mass is 16.5. The van der Waals surface area contributed by atoms with Crippen LogP contribution < -0.4 is 5.32 Å². The van der Waals surface area contributed by atoms with Gasteiger partial charge in [-0.3, -0.25) is 9.48 Å². The molecular formula is C19H24N4O2. The van der Waals surface area contributed by atoms with E-state index in [0.29, 0.717) is 6.54 Å². The van der Waals surface area contributed by atoms with Crippen LogP contribution in [-0.2, 0) is 11.8 Å². The summed E-state index contributed by atoms with van der Waals surface area (Å²) in [6.07, 6.45) is 1.95. The molecule has 2 aromatic rings. The zero-order chi connectivity index (χ0) is 17.6. The Morgan fingerprint density at radius 1 is 1.32 bits per heavy atom. The predicted octanol–water partition coefficient (Wildman–Crippen LogP) is 2.78. The van der Waals surface area contributed by atoms with Gasteiger partial charge in [0.2, 0.25) is 0 Å². The average Bonchev–Trinajstić information content (AvgIpc) is 3.19. The topological polar surface area (TPSA) is 59.4 Å². The molecule has 0 spiro atoms. The van der Waals surface area contributed by atoms with Crippen molar-refractivity contribution in [3.63, 3.8) is 0 Å². The number of aryl methyl sites for hydroxylation is 2. The third-order valence-corrected chi connectivity index (χ3v) is 5.28. The van der Waals surface area contributed by atoms with E-state index in [2.05, 4.69) is 10.4 Å². The second-order valence-electron chi connectivity index (χ2n) is 6.89. The number of rotatable bonds is 3. The number of nitrogens with zero attached hydrogens (tertiary/aromatic N) is 3. The second kappa shape index (κ2) is 6.19. The quantitative estimate of drug-likeness (QED) is 0.933. The SMILES string of the molecule is Cc1nn(C)c(C)c1[C@@H]1Nc2ccccc2C(=O)N1C[C@H]1CCCO1. The van der Waals surface area contributed by atoms with Crippen LogP contribution in [0.2, 0.25) is 0 Å². The fourth-order valence-corrected chi connectivity index (χ4v) is 3.90. The average molecular weight is 340 g/mol. The molecule has 0 saturated carbocycles. The molecule has 0 unspecified atom stereocenters. The molecular weight excluding hydrogens is 316 g/mol. The molecule has 0 bridgehead atoms. The first kappa shape index (κ1) is 16.1. The van der Waals surface area contributed by atoms with Gasteiger partial charge < -0.3 is 15.0 Å². The summed E-state index contributed by atoms with van der Waals surface area (Å²) in [4.78, 5) is 15.1. The van der Waals surface area contributed by atoms with Gasteiger partial charge >= 0.3 is 0 Å². The summed E-state index contributed by atoms with van der Waals surface area (Å²) in [6.45, 7) is 5.43. The van der Waals surface area contributed by atoms with Gasteiger partial charge in [0.15, 0.2) is 0 Å². The zero-order valence-electron chi connectivity index (χ0n) is 15.0. The Hall–Kier alpha value is -2.34. The van der Waals surface area contributed by atoms with E-state index in [4.69, 9.17) is 4.74 Å². The lowest BCUT2D eigenvalue weighted by Crippen LogP contribution is -2.46. The van der Waals surface area contributed by atoms with E-state index in [-0.39, 0.29) is 18.2 Å². The lowest BCUT2D eigenvalue weighted by atomic mass is 10.0. The van der Waals surface area contributed by atoms with Crippen molar-refractivity contribution in [2.45, 2.75) is 39.0 Å². The molecule has 2 aliphatic heterocycles. The summed E-state index contributed by atoms with van der Waals surface area (Å²) in [5.74, 6) is 0.0532. The molecule has 3 heterocycles. The van der Waals surface area contributed by atoms with Crippen molar-refractivity contribution in [3.8, 4) is 0 Å². The Morgan fingerprint density at radius 2 is 2.12 bits per heavy atom. The number of aromatic nitrogens is 2. The molecule has 2 aliphatic rings. The number of fused-ring (bicyclic) bond motifs is 1. The number of benzene rings is 1. The van der Waals surface area contributed by atoms with Crippen LogP contribution in [0.1, 0.15) is 46.3 Å². The van der Waals surface area contributed by atoms with Gasteiger partial charge in [0.05, 0.1) is 17.4 Å². The first-order valence-electron chi connectivity index (χ1n) is 8.84. The fourth-order valence-electron chi connectivity index (χ4n) is 3.90. The first-order valence-corrected chi connectivity index (χ1v) is 8.84. The van der Waals surface area contributed by atoms with E-state index in [1.807, 2.05) is 54.7 Å². The highest BCUT2D eigenvalue weighted by Crippen LogP contribution is 2.36. The molecule has 6 nitrogen and oxygen atoms in total. The van der Waals surface area contributed by atoms with Gasteiger partial charge in [-0.1, -0.05) is 12.1 Å². The lowest BCUT2D eigenvalue weighted by molar-refractivity contribution is 0.0425. The number of anilines is 1. The van der Waals surface area contributed by atoms with Crippen LogP contribution in [-0.4, -0.2) is 39.8 Å². The van der Waals surface area contributed by atoms with Gasteiger partial charge in [-0.2, -0.15) is 5.10 Å². The number of para-hydroxylation sites is 1. The highest BCUT2D eigenvalue weighted by Gasteiger charge is 2.37. The summed E-state index contributed by atoms with van der Waals surface area (Å²) >= 11 is 0. The Kier molecular flexibility index (Phi) is 4.00. The standard InChI is InChI=1S/C19H24N4O2/c1-12-17(13(2)22(3)21-12)18-20-16-9-5-4-8-15(16)19(24)23(18)11-14-7-6-10-25-14/h4-5,8-9,14,18,20H,6-7,10-11H2,1-3H3/t14-,18-/m1/s1. The molecule has 1 saturated heterocycles. The van der Waals surface area contributed by atoms with Gasteiger partial charge in [0, 0.05) is 37.1 Å². The van der Waals surface area contributed by atoms with Gasteiger partial charge in [-0.05, 0) is 38.8 Å². The molecule has 4 rings (SSSR count). The Bertz CT molecular complexity index is 808. The van der Waals surface area contributed by atoms with Crippen LogP contribution in [0.15, 0.2) is 24.3 Å². The maximum Gasteiger partial charge on any atom is 0.257 e. The summed E-state index contributed by atoms with van der Waals surface area (Å²) in [5, 5.41) is 8.10. The number of carbonyl (C=O) groups excluding carboxylic acids is 1.